The first-order valence-corrected chi connectivity index (χ1v) is 3.18. The van der Waals surface area contributed by atoms with Crippen molar-refractivity contribution >= 4 is 63.3 Å². The van der Waals surface area contributed by atoms with Gasteiger partial charge >= 0.3 is 63.3 Å². The van der Waals surface area contributed by atoms with Gasteiger partial charge in [0.1, 0.15) is 0 Å². The van der Waals surface area contributed by atoms with E-state index in [0.717, 1.165) is 0 Å². The fourth-order valence-corrected chi connectivity index (χ4v) is 0.856. The Morgan fingerprint density at radius 2 is 1.21 bits per heavy atom. The van der Waals surface area contributed by atoms with Crippen molar-refractivity contribution in [3.8, 4) is 0 Å². The Labute approximate surface area is 123 Å². The Morgan fingerprint density at radius 1 is 0.929 bits per heavy atom. The van der Waals surface area contributed by atoms with Crippen molar-refractivity contribution in [2.75, 3.05) is 0 Å². The molecule has 0 unspecified atom stereocenters. The molecule has 0 aliphatic carbocycles. The molecule has 0 saturated heterocycles. The average Bonchev–Trinajstić information content (AvgIpc) is 2.04. The van der Waals surface area contributed by atoms with E-state index in [0.29, 0.717) is 0 Å². The van der Waals surface area contributed by atoms with Gasteiger partial charge in [-0.25, -0.2) is 9.59 Å². The van der Waals surface area contributed by atoms with Crippen LogP contribution in [0.3, 0.4) is 0 Å². The van der Waals surface area contributed by atoms with Crippen LogP contribution in [0.25, 0.3) is 0 Å². The molecule has 0 aliphatic rings. The zero-order chi connectivity index (χ0) is 9.14. The van der Waals surface area contributed by atoms with Gasteiger partial charge in [0.05, 0.1) is 11.1 Å². The molecule has 0 saturated carbocycles. The van der Waals surface area contributed by atoms with E-state index < -0.39 is 11.9 Å². The van der Waals surface area contributed by atoms with Gasteiger partial charge in [-0.2, -0.15) is 0 Å². The SMILES string of the molecule is N.O=C(O)c1ccccc1C(=O)O.[KH]. The van der Waals surface area contributed by atoms with Crippen LogP contribution in [0.1, 0.15) is 20.7 Å². The number of carboxylic acid groups (broad SMARTS) is 2. The zero-order valence-electron chi connectivity index (χ0n) is 6.73. The second kappa shape index (κ2) is 7.10. The fourth-order valence-electron chi connectivity index (χ4n) is 0.856. The molecular formula is C8H10KNO4. The number of aromatic carboxylic acids is 2. The standard InChI is InChI=1S/C8H6O4.K.H3N.H/c9-7(10)5-3-1-2-4-6(5)8(11)12;;;/h1-4H,(H,9,10)(H,11,12);;1H3;. The number of carboxylic acids is 2. The first kappa shape index (κ1) is 16.2. The third kappa shape index (κ3) is 3.87. The molecular weight excluding hydrogens is 213 g/mol. The first-order chi connectivity index (χ1) is 5.63. The van der Waals surface area contributed by atoms with Crippen LogP contribution in [0.2, 0.25) is 0 Å². The molecule has 1 rings (SSSR count). The number of carbonyl (C=O) groups is 2. The van der Waals surface area contributed by atoms with E-state index in [1.165, 1.54) is 24.3 Å². The van der Waals surface area contributed by atoms with Crippen LogP contribution in [0.5, 0.6) is 0 Å². The van der Waals surface area contributed by atoms with Gasteiger partial charge in [0.2, 0.25) is 0 Å². The Bertz CT molecular complexity index is 307. The zero-order valence-corrected chi connectivity index (χ0v) is 6.73. The molecule has 0 spiro atoms. The van der Waals surface area contributed by atoms with Crippen molar-refractivity contribution in [1.29, 1.82) is 0 Å². The summed E-state index contributed by atoms with van der Waals surface area (Å²) in [6, 6.07) is 5.48. The predicted molar refractivity (Wildman–Crippen MR) is 52.5 cm³/mol. The molecule has 0 bridgehead atoms. The molecule has 0 fully saturated rings. The van der Waals surface area contributed by atoms with Gasteiger partial charge in [0, 0.05) is 0 Å². The molecule has 72 valence electrons. The summed E-state index contributed by atoms with van der Waals surface area (Å²) in [6.07, 6.45) is 0. The van der Waals surface area contributed by atoms with E-state index in [4.69, 9.17) is 10.2 Å². The number of hydrogen-bond donors (Lipinski definition) is 3. The summed E-state index contributed by atoms with van der Waals surface area (Å²) in [6.45, 7) is 0. The van der Waals surface area contributed by atoms with Crippen LogP contribution in [0.4, 0.5) is 0 Å². The first-order valence-electron chi connectivity index (χ1n) is 3.18. The normalized spacial score (nSPS) is 8.00. The molecule has 0 radical (unpaired) electrons. The molecule has 0 heterocycles. The molecule has 0 amide bonds. The molecule has 1 aromatic carbocycles. The quantitative estimate of drug-likeness (QED) is 0.636. The maximum absolute atomic E-state index is 10.5. The molecule has 1 aromatic rings. The van der Waals surface area contributed by atoms with Crippen LogP contribution < -0.4 is 6.15 Å². The minimum atomic E-state index is -1.23. The molecule has 6 heteroatoms. The molecule has 5 N–H and O–H groups in total. The van der Waals surface area contributed by atoms with Crippen LogP contribution in [-0.4, -0.2) is 73.5 Å². The third-order valence-electron chi connectivity index (χ3n) is 1.39. The van der Waals surface area contributed by atoms with Crippen LogP contribution >= 0.6 is 0 Å². The van der Waals surface area contributed by atoms with E-state index in [1.807, 2.05) is 0 Å². The third-order valence-corrected chi connectivity index (χ3v) is 1.39. The van der Waals surface area contributed by atoms with Crippen LogP contribution in [-0.2, 0) is 0 Å². The van der Waals surface area contributed by atoms with Crippen molar-refractivity contribution in [2.45, 2.75) is 0 Å². The summed E-state index contributed by atoms with van der Waals surface area (Å²) in [5, 5.41) is 17.1. The van der Waals surface area contributed by atoms with Crippen LogP contribution in [0, 0.1) is 0 Å². The Hall–Kier alpha value is -0.244. The summed E-state index contributed by atoms with van der Waals surface area (Å²) >= 11 is 0. The Kier molecular flexibility index (Phi) is 8.22. The molecule has 5 nitrogen and oxygen atoms in total. The Morgan fingerprint density at radius 3 is 1.43 bits per heavy atom. The van der Waals surface area contributed by atoms with E-state index in [9.17, 15) is 9.59 Å². The second-order valence-corrected chi connectivity index (χ2v) is 2.16. The molecule has 0 atom stereocenters. The molecule has 14 heavy (non-hydrogen) atoms. The molecule has 0 aliphatic heterocycles. The van der Waals surface area contributed by atoms with Gasteiger partial charge < -0.3 is 16.4 Å². The monoisotopic (exact) mass is 223 g/mol. The van der Waals surface area contributed by atoms with Crippen molar-refractivity contribution < 1.29 is 19.8 Å². The number of hydrogen-bond acceptors (Lipinski definition) is 3. The van der Waals surface area contributed by atoms with E-state index in [-0.39, 0.29) is 68.7 Å². The maximum atomic E-state index is 10.5. The topological polar surface area (TPSA) is 110 Å². The average molecular weight is 223 g/mol. The van der Waals surface area contributed by atoms with E-state index in [1.54, 1.807) is 0 Å². The van der Waals surface area contributed by atoms with Crippen molar-refractivity contribution in [2.24, 2.45) is 0 Å². The van der Waals surface area contributed by atoms with Gasteiger partial charge in [-0.15, -0.1) is 0 Å². The fraction of sp³-hybridized carbons (Fsp3) is 0. The van der Waals surface area contributed by atoms with Gasteiger partial charge in [0.15, 0.2) is 0 Å². The predicted octanol–water partition coefficient (Wildman–Crippen LogP) is 0.597. The summed E-state index contributed by atoms with van der Waals surface area (Å²) < 4.78 is 0. The van der Waals surface area contributed by atoms with Gasteiger partial charge in [-0.1, -0.05) is 12.1 Å². The Balaban J connectivity index is 0. The van der Waals surface area contributed by atoms with Gasteiger partial charge in [-0.3, -0.25) is 0 Å². The van der Waals surface area contributed by atoms with Crippen LogP contribution in [0.15, 0.2) is 24.3 Å². The van der Waals surface area contributed by atoms with Gasteiger partial charge in [-0.05, 0) is 12.1 Å². The van der Waals surface area contributed by atoms with E-state index in [2.05, 4.69) is 0 Å². The number of benzene rings is 1. The minimum absolute atomic E-state index is 0. The molecule has 0 aromatic heterocycles. The van der Waals surface area contributed by atoms with Crippen molar-refractivity contribution in [3.63, 3.8) is 0 Å². The summed E-state index contributed by atoms with van der Waals surface area (Å²) in [7, 11) is 0. The summed E-state index contributed by atoms with van der Waals surface area (Å²) in [4.78, 5) is 20.9. The summed E-state index contributed by atoms with van der Waals surface area (Å²) in [5.41, 5.74) is -0.380. The summed E-state index contributed by atoms with van der Waals surface area (Å²) in [5.74, 6) is -2.46. The number of rotatable bonds is 2. The van der Waals surface area contributed by atoms with E-state index >= 15 is 0 Å². The van der Waals surface area contributed by atoms with Gasteiger partial charge in [0.25, 0.3) is 0 Å². The van der Waals surface area contributed by atoms with Crippen molar-refractivity contribution in [1.82, 2.24) is 6.15 Å². The van der Waals surface area contributed by atoms with Crippen molar-refractivity contribution in [3.05, 3.63) is 35.4 Å². The second-order valence-electron chi connectivity index (χ2n) is 2.16.